The molecule has 3 aromatic rings. The van der Waals surface area contributed by atoms with E-state index in [0.717, 1.165) is 35.6 Å². The molecule has 1 fully saturated rings. The number of fused-ring (bicyclic) bond motifs is 1. The molecule has 3 aromatic carbocycles. The van der Waals surface area contributed by atoms with Crippen LogP contribution in [0.5, 0.6) is 0 Å². The van der Waals surface area contributed by atoms with E-state index in [-0.39, 0.29) is 11.8 Å². The molecule has 0 aliphatic carbocycles. The first kappa shape index (κ1) is 23.7. The summed E-state index contributed by atoms with van der Waals surface area (Å²) in [6, 6.07) is 23.9. The Morgan fingerprint density at radius 1 is 0.833 bits per heavy atom. The average molecular weight is 481 g/mol. The quantitative estimate of drug-likeness (QED) is 0.501. The van der Waals surface area contributed by atoms with E-state index in [4.69, 9.17) is 0 Å². The van der Waals surface area contributed by atoms with Crippen LogP contribution in [0.25, 0.3) is 11.3 Å². The molecular weight excluding hydrogens is 448 g/mol. The first-order chi connectivity index (χ1) is 17.4. The molecule has 1 N–H and O–H groups in total. The maximum Gasteiger partial charge on any atom is 0.258 e. The molecule has 2 heterocycles. The molecule has 0 unspecified atom stereocenters. The average Bonchev–Trinajstić information content (AvgIpc) is 3.24. The molecule has 5 rings (SSSR count). The van der Waals surface area contributed by atoms with E-state index in [2.05, 4.69) is 39.4 Å². The Labute approximate surface area is 212 Å². The van der Waals surface area contributed by atoms with Crippen LogP contribution in [0.1, 0.15) is 40.7 Å². The van der Waals surface area contributed by atoms with Crippen molar-refractivity contribution in [3.63, 3.8) is 0 Å². The summed E-state index contributed by atoms with van der Waals surface area (Å²) in [6.07, 6.45) is 3.77. The fraction of sp³-hybridized carbons (Fsp3) is 0.267. The lowest BCUT2D eigenvalue weighted by Gasteiger charge is -2.30. The normalized spacial score (nSPS) is 16.3. The van der Waals surface area contributed by atoms with Crippen LogP contribution in [0, 0.1) is 0 Å². The van der Waals surface area contributed by atoms with E-state index in [1.54, 1.807) is 25.1 Å². The summed E-state index contributed by atoms with van der Waals surface area (Å²) in [5.74, 6) is -0.269. The number of amides is 2. The van der Waals surface area contributed by atoms with Gasteiger partial charge in [0.15, 0.2) is 0 Å². The number of benzene rings is 3. The van der Waals surface area contributed by atoms with Gasteiger partial charge in [-0.25, -0.2) is 0 Å². The minimum atomic E-state index is -0.171. The highest BCUT2D eigenvalue weighted by Gasteiger charge is 2.31. The molecule has 1 saturated heterocycles. The second-order valence-electron chi connectivity index (χ2n) is 9.63. The van der Waals surface area contributed by atoms with E-state index < -0.39 is 0 Å². The standard InChI is InChI=1S/C30H32N4O2/c1-32(2)30(36)22-12-17-26-25(20-22)27(29(35)31-26)28(21-10-6-4-7-11-21)33(3)23-13-15-24(16-14-23)34-18-8-5-9-19-34/h4,6-7,10-17,20H,5,8-9,18-19H2,1-3H3,(H,31,35)/b28-27-. The number of hydrogen-bond acceptors (Lipinski definition) is 4. The maximum absolute atomic E-state index is 13.4. The van der Waals surface area contributed by atoms with Crippen LogP contribution in [0.3, 0.4) is 0 Å². The van der Waals surface area contributed by atoms with Gasteiger partial charge in [0, 0.05) is 62.4 Å². The van der Waals surface area contributed by atoms with Gasteiger partial charge in [0.05, 0.1) is 11.3 Å². The second-order valence-corrected chi connectivity index (χ2v) is 9.63. The SMILES string of the molecule is CN(C)C(=O)c1ccc2c(c1)/C(=C(\c1ccccc1)N(C)c1ccc(N3CCCCC3)cc1)C(=O)N2. The number of hydrogen-bond donors (Lipinski definition) is 1. The third kappa shape index (κ3) is 4.47. The van der Waals surface area contributed by atoms with Crippen LogP contribution in [0.4, 0.5) is 17.1 Å². The van der Waals surface area contributed by atoms with Crippen LogP contribution in [-0.2, 0) is 4.79 Å². The van der Waals surface area contributed by atoms with Crippen molar-refractivity contribution in [1.29, 1.82) is 0 Å². The predicted molar refractivity (Wildman–Crippen MR) is 147 cm³/mol. The minimum absolute atomic E-state index is 0.0978. The van der Waals surface area contributed by atoms with Crippen molar-refractivity contribution in [2.75, 3.05) is 49.3 Å². The van der Waals surface area contributed by atoms with Crippen LogP contribution in [0.15, 0.2) is 72.8 Å². The van der Waals surface area contributed by atoms with Gasteiger partial charge in [-0.05, 0) is 67.3 Å². The monoisotopic (exact) mass is 480 g/mol. The van der Waals surface area contributed by atoms with Gasteiger partial charge in [0.2, 0.25) is 0 Å². The Balaban J connectivity index is 1.60. The fourth-order valence-corrected chi connectivity index (χ4v) is 5.06. The molecular formula is C30H32N4O2. The predicted octanol–water partition coefficient (Wildman–Crippen LogP) is 5.34. The van der Waals surface area contributed by atoms with Gasteiger partial charge in [0.1, 0.15) is 0 Å². The molecule has 0 radical (unpaired) electrons. The van der Waals surface area contributed by atoms with Gasteiger partial charge >= 0.3 is 0 Å². The Kier molecular flexibility index (Phi) is 6.51. The number of rotatable bonds is 5. The van der Waals surface area contributed by atoms with Gasteiger partial charge in [-0.2, -0.15) is 0 Å². The zero-order valence-corrected chi connectivity index (χ0v) is 21.1. The summed E-state index contributed by atoms with van der Waals surface area (Å²) in [4.78, 5) is 32.1. The highest BCUT2D eigenvalue weighted by Crippen LogP contribution is 2.40. The summed E-state index contributed by atoms with van der Waals surface area (Å²) < 4.78 is 0. The minimum Gasteiger partial charge on any atom is -0.372 e. The number of nitrogens with one attached hydrogen (secondary N) is 1. The Hall–Kier alpha value is -4.06. The largest absolute Gasteiger partial charge is 0.372 e. The lowest BCUT2D eigenvalue weighted by Crippen LogP contribution is -2.29. The Morgan fingerprint density at radius 3 is 2.19 bits per heavy atom. The molecule has 0 aromatic heterocycles. The molecule has 0 saturated carbocycles. The number of anilines is 3. The number of carbonyl (C=O) groups excluding carboxylic acids is 2. The molecule has 0 spiro atoms. The molecule has 2 aliphatic rings. The molecule has 0 bridgehead atoms. The summed E-state index contributed by atoms with van der Waals surface area (Å²) in [7, 11) is 5.45. The van der Waals surface area contributed by atoms with Crippen LogP contribution in [-0.4, -0.2) is 50.9 Å². The number of nitrogens with zero attached hydrogens (tertiary/aromatic N) is 3. The zero-order valence-electron chi connectivity index (χ0n) is 21.1. The van der Waals surface area contributed by atoms with E-state index >= 15 is 0 Å². The van der Waals surface area contributed by atoms with E-state index in [0.29, 0.717) is 16.8 Å². The van der Waals surface area contributed by atoms with Crippen molar-refractivity contribution in [1.82, 2.24) is 4.90 Å². The lowest BCUT2D eigenvalue weighted by molar-refractivity contribution is -0.110. The van der Waals surface area contributed by atoms with Crippen LogP contribution in [0.2, 0.25) is 0 Å². The van der Waals surface area contributed by atoms with Gasteiger partial charge < -0.3 is 20.0 Å². The molecule has 184 valence electrons. The van der Waals surface area contributed by atoms with Crippen molar-refractivity contribution in [3.8, 4) is 0 Å². The van der Waals surface area contributed by atoms with Crippen LogP contribution < -0.4 is 15.1 Å². The van der Waals surface area contributed by atoms with Crippen LogP contribution >= 0.6 is 0 Å². The molecule has 36 heavy (non-hydrogen) atoms. The number of carbonyl (C=O) groups is 2. The Morgan fingerprint density at radius 2 is 1.53 bits per heavy atom. The topological polar surface area (TPSA) is 55.9 Å². The summed E-state index contributed by atoms with van der Waals surface area (Å²) >= 11 is 0. The smallest absolute Gasteiger partial charge is 0.258 e. The lowest BCUT2D eigenvalue weighted by atomic mass is 9.97. The highest BCUT2D eigenvalue weighted by atomic mass is 16.2. The summed E-state index contributed by atoms with van der Waals surface area (Å²) in [5, 5.41) is 3.00. The van der Waals surface area contributed by atoms with Crippen molar-refractivity contribution in [2.45, 2.75) is 19.3 Å². The molecule has 0 atom stereocenters. The zero-order chi connectivity index (χ0) is 25.2. The van der Waals surface area contributed by atoms with Gasteiger partial charge in [-0.15, -0.1) is 0 Å². The van der Waals surface area contributed by atoms with E-state index in [1.807, 2.05) is 49.5 Å². The van der Waals surface area contributed by atoms with Crippen molar-refractivity contribution < 1.29 is 9.59 Å². The van der Waals surface area contributed by atoms with E-state index in [1.165, 1.54) is 24.9 Å². The number of piperidine rings is 1. The maximum atomic E-state index is 13.4. The first-order valence-electron chi connectivity index (χ1n) is 12.5. The van der Waals surface area contributed by atoms with Gasteiger partial charge in [-0.1, -0.05) is 30.3 Å². The third-order valence-electron chi connectivity index (χ3n) is 6.99. The third-order valence-corrected chi connectivity index (χ3v) is 6.99. The van der Waals surface area contributed by atoms with E-state index in [9.17, 15) is 9.59 Å². The molecule has 2 aliphatic heterocycles. The van der Waals surface area contributed by atoms with Crippen molar-refractivity contribution in [2.24, 2.45) is 0 Å². The highest BCUT2D eigenvalue weighted by molar-refractivity contribution is 6.37. The Bertz CT molecular complexity index is 1310. The summed E-state index contributed by atoms with van der Waals surface area (Å²) in [6.45, 7) is 2.19. The van der Waals surface area contributed by atoms with Gasteiger partial charge in [-0.3, -0.25) is 9.59 Å². The second kappa shape index (κ2) is 9.90. The molecule has 6 heteroatoms. The molecule has 2 amide bonds. The fourth-order valence-electron chi connectivity index (χ4n) is 5.06. The van der Waals surface area contributed by atoms with Crippen molar-refractivity contribution >= 4 is 40.1 Å². The van der Waals surface area contributed by atoms with Crippen molar-refractivity contribution in [3.05, 3.63) is 89.5 Å². The first-order valence-corrected chi connectivity index (χ1v) is 12.5. The van der Waals surface area contributed by atoms with Gasteiger partial charge in [0.25, 0.3) is 11.8 Å². The summed E-state index contributed by atoms with van der Waals surface area (Å²) in [5.41, 5.74) is 6.52. The molecule has 6 nitrogen and oxygen atoms in total.